The van der Waals surface area contributed by atoms with E-state index in [0.29, 0.717) is 34.6 Å². The van der Waals surface area contributed by atoms with Gasteiger partial charge in [-0.05, 0) is 48.0 Å². The number of carbonyl (C=O) groups excluding carboxylic acids is 1. The molecule has 0 aliphatic carbocycles. The number of hydrogen-bond donors (Lipinski definition) is 3. The number of aromatic nitrogens is 2. The van der Waals surface area contributed by atoms with Crippen LogP contribution in [0.25, 0.3) is 21.8 Å². The lowest BCUT2D eigenvalue weighted by molar-refractivity contribution is 0.102. The van der Waals surface area contributed by atoms with Crippen LogP contribution in [0.3, 0.4) is 0 Å². The maximum absolute atomic E-state index is 12.8. The number of amides is 1. The van der Waals surface area contributed by atoms with E-state index in [9.17, 15) is 9.59 Å². The Hall–Kier alpha value is -3.54. The van der Waals surface area contributed by atoms with Gasteiger partial charge in [-0.2, -0.15) is 0 Å². The first-order chi connectivity index (χ1) is 12.6. The normalized spacial score (nSPS) is 11.0. The first-order valence-corrected chi connectivity index (χ1v) is 8.33. The quantitative estimate of drug-likeness (QED) is 0.526. The number of anilines is 1. The summed E-state index contributed by atoms with van der Waals surface area (Å²) in [5.41, 5.74) is 2.10. The van der Waals surface area contributed by atoms with Gasteiger partial charge in [0.15, 0.2) is 0 Å². The zero-order valence-corrected chi connectivity index (χ0v) is 14.1. The van der Waals surface area contributed by atoms with Gasteiger partial charge in [-0.3, -0.25) is 4.79 Å². The van der Waals surface area contributed by atoms with E-state index in [-0.39, 0.29) is 11.6 Å². The molecule has 0 saturated heterocycles. The summed E-state index contributed by atoms with van der Waals surface area (Å²) in [4.78, 5) is 29.5. The SMILES string of the molecule is CCOc1cc2ccccc2cc1C(=O)Nc1ccc2[nH]c(=O)[nH]c2c1. The van der Waals surface area contributed by atoms with Gasteiger partial charge >= 0.3 is 5.69 Å². The van der Waals surface area contributed by atoms with Gasteiger partial charge in [-0.25, -0.2) is 4.79 Å². The minimum absolute atomic E-state index is 0.267. The van der Waals surface area contributed by atoms with Crippen molar-refractivity contribution in [1.29, 1.82) is 0 Å². The molecule has 0 bridgehead atoms. The van der Waals surface area contributed by atoms with Gasteiger partial charge in [0.1, 0.15) is 5.75 Å². The molecule has 0 fully saturated rings. The van der Waals surface area contributed by atoms with Crippen LogP contribution in [0, 0.1) is 0 Å². The minimum Gasteiger partial charge on any atom is -0.493 e. The second-order valence-corrected chi connectivity index (χ2v) is 5.92. The van der Waals surface area contributed by atoms with Crippen molar-refractivity contribution in [3.8, 4) is 5.75 Å². The third-order valence-electron chi connectivity index (χ3n) is 4.17. The molecule has 4 aromatic rings. The summed E-state index contributed by atoms with van der Waals surface area (Å²) in [6.45, 7) is 2.35. The van der Waals surface area contributed by atoms with Crippen LogP contribution in [0.4, 0.5) is 5.69 Å². The third-order valence-corrected chi connectivity index (χ3v) is 4.17. The molecule has 1 amide bonds. The number of fused-ring (bicyclic) bond motifs is 2. The van der Waals surface area contributed by atoms with Gasteiger partial charge in [0.05, 0.1) is 23.2 Å². The average molecular weight is 347 g/mol. The van der Waals surface area contributed by atoms with Gasteiger partial charge in [-0.15, -0.1) is 0 Å². The molecule has 1 aromatic heterocycles. The number of aromatic amines is 2. The average Bonchev–Trinajstić information content (AvgIpc) is 3.00. The van der Waals surface area contributed by atoms with Gasteiger partial charge < -0.3 is 20.0 Å². The fourth-order valence-corrected chi connectivity index (χ4v) is 2.98. The Morgan fingerprint density at radius 1 is 1.00 bits per heavy atom. The smallest absolute Gasteiger partial charge is 0.323 e. The fourth-order valence-electron chi connectivity index (χ4n) is 2.98. The number of ether oxygens (including phenoxy) is 1. The molecule has 0 spiro atoms. The molecule has 26 heavy (non-hydrogen) atoms. The van der Waals surface area contributed by atoms with Crippen LogP contribution in [0.2, 0.25) is 0 Å². The topological polar surface area (TPSA) is 87.0 Å². The van der Waals surface area contributed by atoms with E-state index < -0.39 is 0 Å². The van der Waals surface area contributed by atoms with Crippen LogP contribution < -0.4 is 15.7 Å². The van der Waals surface area contributed by atoms with Crippen LogP contribution >= 0.6 is 0 Å². The number of benzene rings is 3. The molecule has 3 aromatic carbocycles. The van der Waals surface area contributed by atoms with Crippen molar-refractivity contribution in [1.82, 2.24) is 9.97 Å². The summed E-state index contributed by atoms with van der Waals surface area (Å²) in [5, 5.41) is 4.85. The Kier molecular flexibility index (Phi) is 3.93. The van der Waals surface area contributed by atoms with E-state index in [4.69, 9.17) is 4.74 Å². The van der Waals surface area contributed by atoms with Crippen molar-refractivity contribution in [2.24, 2.45) is 0 Å². The Bertz CT molecular complexity index is 1170. The second-order valence-electron chi connectivity index (χ2n) is 5.92. The number of H-pyrrole nitrogens is 2. The van der Waals surface area contributed by atoms with Crippen molar-refractivity contribution in [2.75, 3.05) is 11.9 Å². The lowest BCUT2D eigenvalue weighted by Gasteiger charge is -2.12. The van der Waals surface area contributed by atoms with Crippen LogP contribution in [-0.2, 0) is 0 Å². The number of nitrogens with one attached hydrogen (secondary N) is 3. The molecule has 130 valence electrons. The van der Waals surface area contributed by atoms with Gasteiger partial charge in [-0.1, -0.05) is 24.3 Å². The highest BCUT2D eigenvalue weighted by Gasteiger charge is 2.15. The largest absolute Gasteiger partial charge is 0.493 e. The highest BCUT2D eigenvalue weighted by atomic mass is 16.5. The zero-order valence-electron chi connectivity index (χ0n) is 14.1. The lowest BCUT2D eigenvalue weighted by Crippen LogP contribution is -2.13. The first-order valence-electron chi connectivity index (χ1n) is 8.33. The standard InChI is InChI=1S/C20H17N3O3/c1-2-26-18-10-13-6-4-3-5-12(13)9-15(18)19(24)21-14-7-8-16-17(11-14)23-20(25)22-16/h3-11H,2H2,1H3,(H,21,24)(H2,22,23,25). The second kappa shape index (κ2) is 6.40. The summed E-state index contributed by atoms with van der Waals surface area (Å²) >= 11 is 0. The minimum atomic E-state index is -0.281. The van der Waals surface area contributed by atoms with Gasteiger partial charge in [0.2, 0.25) is 0 Å². The molecule has 4 rings (SSSR count). The van der Waals surface area contributed by atoms with Crippen molar-refractivity contribution < 1.29 is 9.53 Å². The van der Waals surface area contributed by atoms with Gasteiger partial charge in [0.25, 0.3) is 5.91 Å². The summed E-state index contributed by atoms with van der Waals surface area (Å²) in [6.07, 6.45) is 0. The third kappa shape index (κ3) is 2.93. The van der Waals surface area contributed by atoms with E-state index in [2.05, 4.69) is 15.3 Å². The van der Waals surface area contributed by atoms with E-state index in [1.165, 1.54) is 0 Å². The molecule has 0 atom stereocenters. The highest BCUT2D eigenvalue weighted by Crippen LogP contribution is 2.27. The molecule has 0 saturated carbocycles. The summed E-state index contributed by atoms with van der Waals surface area (Å²) in [7, 11) is 0. The van der Waals surface area contributed by atoms with E-state index in [1.54, 1.807) is 18.2 Å². The molecular weight excluding hydrogens is 330 g/mol. The van der Waals surface area contributed by atoms with Gasteiger partial charge in [0, 0.05) is 5.69 Å². The van der Waals surface area contributed by atoms with Crippen LogP contribution in [0.15, 0.2) is 59.4 Å². The van der Waals surface area contributed by atoms with Crippen molar-refractivity contribution in [3.05, 3.63) is 70.6 Å². The molecule has 0 radical (unpaired) electrons. The predicted octanol–water partition coefficient (Wildman–Crippen LogP) is 3.66. The van der Waals surface area contributed by atoms with Crippen molar-refractivity contribution in [3.63, 3.8) is 0 Å². The molecule has 6 nitrogen and oxygen atoms in total. The van der Waals surface area contributed by atoms with E-state index in [1.807, 2.05) is 43.3 Å². The zero-order chi connectivity index (χ0) is 18.1. The van der Waals surface area contributed by atoms with Crippen LogP contribution in [0.5, 0.6) is 5.75 Å². The predicted molar refractivity (Wildman–Crippen MR) is 102 cm³/mol. The Labute approximate surface area is 148 Å². The lowest BCUT2D eigenvalue weighted by atomic mass is 10.1. The molecule has 0 aliphatic heterocycles. The molecule has 0 unspecified atom stereocenters. The molecular formula is C20H17N3O3. The number of hydrogen-bond acceptors (Lipinski definition) is 3. The Morgan fingerprint density at radius 2 is 1.73 bits per heavy atom. The number of imidazole rings is 1. The maximum Gasteiger partial charge on any atom is 0.323 e. The highest BCUT2D eigenvalue weighted by molar-refractivity contribution is 6.09. The Balaban J connectivity index is 1.71. The first kappa shape index (κ1) is 16.0. The molecule has 6 heteroatoms. The Morgan fingerprint density at radius 3 is 2.50 bits per heavy atom. The summed E-state index contributed by atoms with van der Waals surface area (Å²) in [6, 6.07) is 16.7. The molecule has 0 aliphatic rings. The van der Waals surface area contributed by atoms with E-state index in [0.717, 1.165) is 10.8 Å². The maximum atomic E-state index is 12.8. The molecule has 1 heterocycles. The fraction of sp³-hybridized carbons (Fsp3) is 0.100. The van der Waals surface area contributed by atoms with Crippen LogP contribution in [0.1, 0.15) is 17.3 Å². The monoisotopic (exact) mass is 347 g/mol. The number of carbonyl (C=O) groups is 1. The van der Waals surface area contributed by atoms with E-state index >= 15 is 0 Å². The van der Waals surface area contributed by atoms with Crippen molar-refractivity contribution >= 4 is 33.4 Å². The number of rotatable bonds is 4. The molecule has 3 N–H and O–H groups in total. The summed E-state index contributed by atoms with van der Waals surface area (Å²) < 4.78 is 5.66. The summed E-state index contributed by atoms with van der Waals surface area (Å²) in [5.74, 6) is 0.274. The van der Waals surface area contributed by atoms with Crippen LogP contribution in [-0.4, -0.2) is 22.5 Å². The van der Waals surface area contributed by atoms with Crippen molar-refractivity contribution in [2.45, 2.75) is 6.92 Å².